The Kier molecular flexibility index (Phi) is 6.41. The minimum atomic E-state index is -1.01. The summed E-state index contributed by atoms with van der Waals surface area (Å²) in [4.78, 5) is 25.7. The number of aromatic nitrogens is 1. The molecule has 0 unspecified atom stereocenters. The molecule has 0 aromatic carbocycles. The van der Waals surface area contributed by atoms with E-state index in [1.165, 1.54) is 13.2 Å². The summed E-state index contributed by atoms with van der Waals surface area (Å²) in [6.07, 6.45) is 1.53. The van der Waals surface area contributed by atoms with E-state index in [0.717, 1.165) is 5.56 Å². The number of carbonyl (C=O) groups is 1. The van der Waals surface area contributed by atoms with Crippen molar-refractivity contribution in [3.8, 4) is 0 Å². The van der Waals surface area contributed by atoms with Crippen LogP contribution in [-0.2, 0) is 16.1 Å². The topological polar surface area (TPSA) is 106 Å². The molecule has 0 saturated carbocycles. The van der Waals surface area contributed by atoms with E-state index in [4.69, 9.17) is 11.6 Å². The van der Waals surface area contributed by atoms with Crippen LogP contribution in [0.3, 0.4) is 0 Å². The first-order valence-corrected chi connectivity index (χ1v) is 6.45. The highest BCUT2D eigenvalue weighted by atomic mass is 35.5. The molecule has 1 aromatic rings. The fourth-order valence-corrected chi connectivity index (χ4v) is 1.57. The number of nitro groups is 1. The summed E-state index contributed by atoms with van der Waals surface area (Å²) in [7, 11) is 1.46. The second-order valence-electron chi connectivity index (χ2n) is 3.79. The molecule has 0 atom stereocenters. The zero-order valence-corrected chi connectivity index (χ0v) is 12.3. The number of halogens is 1. The third-order valence-electron chi connectivity index (χ3n) is 2.40. The van der Waals surface area contributed by atoms with Crippen LogP contribution < -0.4 is 10.6 Å². The molecule has 0 bridgehead atoms. The van der Waals surface area contributed by atoms with Crippen LogP contribution in [0.5, 0.6) is 0 Å². The van der Waals surface area contributed by atoms with Crippen molar-refractivity contribution >= 4 is 17.6 Å². The fourth-order valence-electron chi connectivity index (χ4n) is 1.46. The first-order chi connectivity index (χ1) is 9.99. The second-order valence-corrected chi connectivity index (χ2v) is 4.18. The van der Waals surface area contributed by atoms with Gasteiger partial charge in [-0.05, 0) is 18.6 Å². The van der Waals surface area contributed by atoms with Gasteiger partial charge in [0.15, 0.2) is 5.82 Å². The van der Waals surface area contributed by atoms with E-state index in [0.29, 0.717) is 5.15 Å². The van der Waals surface area contributed by atoms with Crippen LogP contribution >= 0.6 is 11.6 Å². The number of nitrogens with zero attached hydrogens (tertiary/aromatic N) is 2. The highest BCUT2D eigenvalue weighted by Gasteiger charge is 2.29. The summed E-state index contributed by atoms with van der Waals surface area (Å²) < 4.78 is 4.67. The molecule has 0 spiro atoms. The normalized spacial score (nSPS) is 11.4. The zero-order chi connectivity index (χ0) is 15.8. The van der Waals surface area contributed by atoms with Gasteiger partial charge in [-0.25, -0.2) is 9.78 Å². The van der Waals surface area contributed by atoms with E-state index in [-0.39, 0.29) is 19.0 Å². The summed E-state index contributed by atoms with van der Waals surface area (Å²) in [5.74, 6) is -1.04. The number of pyridine rings is 1. The van der Waals surface area contributed by atoms with E-state index in [9.17, 15) is 14.9 Å². The smallest absolute Gasteiger partial charge is 0.413 e. The van der Waals surface area contributed by atoms with Crippen molar-refractivity contribution in [2.45, 2.75) is 13.5 Å². The Hall–Kier alpha value is -2.35. The second kappa shape index (κ2) is 8.05. The maximum Gasteiger partial charge on any atom is 0.413 e. The molecule has 0 fully saturated rings. The van der Waals surface area contributed by atoms with Gasteiger partial charge < -0.3 is 15.4 Å². The summed E-state index contributed by atoms with van der Waals surface area (Å²) in [6, 6.07) is 3.31. The van der Waals surface area contributed by atoms with Gasteiger partial charge in [0.05, 0.1) is 11.5 Å². The number of hydrogen-bond donors (Lipinski definition) is 2. The van der Waals surface area contributed by atoms with Crippen molar-refractivity contribution in [3.05, 3.63) is 50.7 Å². The van der Waals surface area contributed by atoms with Crippen molar-refractivity contribution in [1.82, 2.24) is 15.6 Å². The third-order valence-corrected chi connectivity index (χ3v) is 2.62. The maximum absolute atomic E-state index is 11.6. The van der Waals surface area contributed by atoms with Crippen LogP contribution in [0.15, 0.2) is 29.8 Å². The SMILES string of the molecule is CCOC(=O)/C(=C(\NC)NCc1ccc(Cl)nc1)[N+](=O)[O-]. The van der Waals surface area contributed by atoms with Gasteiger partial charge >= 0.3 is 11.7 Å². The van der Waals surface area contributed by atoms with Gasteiger partial charge in [0.2, 0.25) is 0 Å². The van der Waals surface area contributed by atoms with Crippen molar-refractivity contribution in [2.75, 3.05) is 13.7 Å². The average molecular weight is 315 g/mol. The molecule has 1 aromatic heterocycles. The van der Waals surface area contributed by atoms with Gasteiger partial charge in [-0.3, -0.25) is 10.1 Å². The molecule has 8 nitrogen and oxygen atoms in total. The van der Waals surface area contributed by atoms with Crippen molar-refractivity contribution in [2.24, 2.45) is 0 Å². The molecule has 0 aliphatic heterocycles. The van der Waals surface area contributed by atoms with Crippen LogP contribution in [0.4, 0.5) is 0 Å². The number of nitrogens with one attached hydrogen (secondary N) is 2. The summed E-state index contributed by atoms with van der Waals surface area (Å²) in [5.41, 5.74) is 0.0694. The molecule has 0 radical (unpaired) electrons. The number of hydrogen-bond acceptors (Lipinski definition) is 7. The zero-order valence-electron chi connectivity index (χ0n) is 11.6. The minimum absolute atomic E-state index is 0.0339. The Morgan fingerprint density at radius 2 is 2.24 bits per heavy atom. The Morgan fingerprint density at radius 3 is 2.71 bits per heavy atom. The van der Waals surface area contributed by atoms with E-state index in [2.05, 4.69) is 20.4 Å². The molecule has 0 saturated heterocycles. The number of ether oxygens (including phenoxy) is 1. The maximum atomic E-state index is 11.6. The summed E-state index contributed by atoms with van der Waals surface area (Å²) in [6.45, 7) is 1.85. The summed E-state index contributed by atoms with van der Waals surface area (Å²) >= 11 is 5.67. The standard InChI is InChI=1S/C12H15ClN4O4/c1-3-21-12(18)10(17(19)20)11(14-2)16-7-8-4-5-9(13)15-6-8/h4-6,14,16H,3,7H2,1-2H3/b11-10-. The predicted octanol–water partition coefficient (Wildman–Crippen LogP) is 1.05. The monoisotopic (exact) mass is 314 g/mol. The molecule has 1 heterocycles. The average Bonchev–Trinajstić information content (AvgIpc) is 2.44. The third kappa shape index (κ3) is 4.92. The van der Waals surface area contributed by atoms with E-state index in [1.54, 1.807) is 19.1 Å². The Morgan fingerprint density at radius 1 is 1.52 bits per heavy atom. The molecule has 2 N–H and O–H groups in total. The fraction of sp³-hybridized carbons (Fsp3) is 0.333. The van der Waals surface area contributed by atoms with E-state index >= 15 is 0 Å². The van der Waals surface area contributed by atoms with Crippen molar-refractivity contribution in [3.63, 3.8) is 0 Å². The quantitative estimate of drug-likeness (QED) is 0.255. The Bertz CT molecular complexity index is 545. The largest absolute Gasteiger partial charge is 0.458 e. The van der Waals surface area contributed by atoms with Crippen LogP contribution in [-0.4, -0.2) is 29.5 Å². The highest BCUT2D eigenvalue weighted by Crippen LogP contribution is 2.07. The van der Waals surface area contributed by atoms with Crippen LogP contribution in [0.25, 0.3) is 0 Å². The lowest BCUT2D eigenvalue weighted by atomic mass is 10.3. The highest BCUT2D eigenvalue weighted by molar-refractivity contribution is 6.29. The van der Waals surface area contributed by atoms with E-state index in [1.807, 2.05) is 0 Å². The molecule has 1 rings (SSSR count). The molecule has 0 aliphatic rings. The number of carbonyl (C=O) groups excluding carboxylic acids is 1. The van der Waals surface area contributed by atoms with Gasteiger partial charge in [-0.15, -0.1) is 0 Å². The lowest BCUT2D eigenvalue weighted by Crippen LogP contribution is -2.31. The predicted molar refractivity (Wildman–Crippen MR) is 75.8 cm³/mol. The Balaban J connectivity index is 2.91. The van der Waals surface area contributed by atoms with Crippen LogP contribution in [0.1, 0.15) is 12.5 Å². The lowest BCUT2D eigenvalue weighted by Gasteiger charge is -2.10. The van der Waals surface area contributed by atoms with Crippen molar-refractivity contribution in [1.29, 1.82) is 0 Å². The Labute approximate surface area is 126 Å². The van der Waals surface area contributed by atoms with Gasteiger partial charge in [0, 0.05) is 19.8 Å². The molecule has 0 aliphatic carbocycles. The van der Waals surface area contributed by atoms with Gasteiger partial charge in [0.25, 0.3) is 0 Å². The van der Waals surface area contributed by atoms with Crippen molar-refractivity contribution < 1.29 is 14.5 Å². The number of rotatable bonds is 7. The first-order valence-electron chi connectivity index (χ1n) is 6.07. The minimum Gasteiger partial charge on any atom is -0.458 e. The summed E-state index contributed by atoms with van der Waals surface area (Å²) in [5, 5.41) is 16.7. The van der Waals surface area contributed by atoms with Gasteiger partial charge in [0.1, 0.15) is 5.15 Å². The van der Waals surface area contributed by atoms with E-state index < -0.39 is 16.6 Å². The first kappa shape index (κ1) is 16.7. The molecular weight excluding hydrogens is 300 g/mol. The van der Waals surface area contributed by atoms with Gasteiger partial charge in [-0.2, -0.15) is 0 Å². The molecule has 114 valence electrons. The van der Waals surface area contributed by atoms with Crippen LogP contribution in [0.2, 0.25) is 5.15 Å². The van der Waals surface area contributed by atoms with Gasteiger partial charge in [-0.1, -0.05) is 17.7 Å². The molecule has 0 amide bonds. The van der Waals surface area contributed by atoms with Crippen LogP contribution in [0, 0.1) is 10.1 Å². The lowest BCUT2D eigenvalue weighted by molar-refractivity contribution is -0.423. The molecule has 21 heavy (non-hydrogen) atoms. The molecule has 9 heteroatoms. The molecular formula is C12H15ClN4O4. The number of esters is 1.